The van der Waals surface area contributed by atoms with E-state index in [1.807, 2.05) is 6.07 Å². The molecule has 0 radical (unpaired) electrons. The van der Waals surface area contributed by atoms with Gasteiger partial charge in [-0.3, -0.25) is 4.79 Å². The quantitative estimate of drug-likeness (QED) is 0.752. The number of carbonyl (C=O) groups excluding carboxylic acids is 1. The zero-order valence-electron chi connectivity index (χ0n) is 10.3. The van der Waals surface area contributed by atoms with Crippen molar-refractivity contribution in [3.05, 3.63) is 33.8 Å². The summed E-state index contributed by atoms with van der Waals surface area (Å²) in [7, 11) is 0. The van der Waals surface area contributed by atoms with Crippen molar-refractivity contribution in [2.75, 3.05) is 13.2 Å². The first-order valence-electron chi connectivity index (χ1n) is 5.78. The third-order valence-electron chi connectivity index (χ3n) is 2.76. The lowest BCUT2D eigenvalue weighted by Crippen LogP contribution is -2.44. The Balaban J connectivity index is 2.18. The van der Waals surface area contributed by atoms with Gasteiger partial charge in [0.1, 0.15) is 12.4 Å². The molecule has 0 aromatic heterocycles. The van der Waals surface area contributed by atoms with Gasteiger partial charge >= 0.3 is 5.97 Å². The summed E-state index contributed by atoms with van der Waals surface area (Å²) in [6, 6.07) is 4.07. The summed E-state index contributed by atoms with van der Waals surface area (Å²) < 4.78 is 6.27. The number of amides is 1. The largest absolute Gasteiger partial charge is 0.488 e. The Kier molecular flexibility index (Phi) is 4.41. The van der Waals surface area contributed by atoms with Crippen molar-refractivity contribution in [1.82, 2.24) is 5.32 Å². The maximum Gasteiger partial charge on any atom is 0.328 e. The number of rotatable bonds is 4. The monoisotopic (exact) mass is 341 g/mol. The summed E-state index contributed by atoms with van der Waals surface area (Å²) in [5.41, 5.74) is 1.03. The average molecular weight is 342 g/mol. The fraction of sp³-hybridized carbons (Fsp3) is 0.231. The van der Waals surface area contributed by atoms with E-state index in [9.17, 15) is 9.59 Å². The topological polar surface area (TPSA) is 95.9 Å². The number of benzene rings is 1. The Morgan fingerprint density at radius 3 is 2.85 bits per heavy atom. The predicted octanol–water partition coefficient (Wildman–Crippen LogP) is 0.787. The van der Waals surface area contributed by atoms with Crippen LogP contribution in [0.25, 0.3) is 6.08 Å². The molecule has 0 aliphatic carbocycles. The lowest BCUT2D eigenvalue weighted by atomic mass is 10.1. The molecule has 0 unspecified atom stereocenters. The maximum atomic E-state index is 11.9. The Morgan fingerprint density at radius 2 is 2.20 bits per heavy atom. The fourth-order valence-corrected chi connectivity index (χ4v) is 2.09. The number of halogens is 1. The van der Waals surface area contributed by atoms with Crippen LogP contribution in [0.5, 0.6) is 5.75 Å². The maximum absolute atomic E-state index is 11.9. The molecule has 0 saturated heterocycles. The van der Waals surface area contributed by atoms with E-state index in [1.165, 1.54) is 0 Å². The molecule has 20 heavy (non-hydrogen) atoms. The second-order valence-electron chi connectivity index (χ2n) is 4.19. The van der Waals surface area contributed by atoms with E-state index in [0.717, 1.165) is 10.0 Å². The first-order chi connectivity index (χ1) is 9.51. The number of aliphatic hydroxyl groups excluding tert-OH is 1. The van der Waals surface area contributed by atoms with E-state index < -0.39 is 24.5 Å². The second-order valence-corrected chi connectivity index (χ2v) is 5.10. The van der Waals surface area contributed by atoms with Crippen molar-refractivity contribution in [3.63, 3.8) is 0 Å². The number of carboxylic acids is 1. The molecule has 1 heterocycles. The number of fused-ring (bicyclic) bond motifs is 1. The highest BCUT2D eigenvalue weighted by Crippen LogP contribution is 2.29. The number of carbonyl (C=O) groups is 2. The van der Waals surface area contributed by atoms with E-state index in [0.29, 0.717) is 11.3 Å². The van der Waals surface area contributed by atoms with Crippen LogP contribution in [0.3, 0.4) is 0 Å². The Hall–Kier alpha value is -1.86. The van der Waals surface area contributed by atoms with E-state index in [4.69, 9.17) is 14.9 Å². The number of hydrogen-bond donors (Lipinski definition) is 3. The van der Waals surface area contributed by atoms with Crippen molar-refractivity contribution >= 4 is 33.9 Å². The van der Waals surface area contributed by atoms with Gasteiger partial charge in [-0.2, -0.15) is 0 Å². The van der Waals surface area contributed by atoms with Crippen LogP contribution in [0, 0.1) is 0 Å². The van der Waals surface area contributed by atoms with Crippen molar-refractivity contribution in [2.45, 2.75) is 6.04 Å². The predicted molar refractivity (Wildman–Crippen MR) is 74.3 cm³/mol. The van der Waals surface area contributed by atoms with Crippen LogP contribution in [0.1, 0.15) is 5.56 Å². The molecule has 6 nitrogen and oxygen atoms in total. The Bertz CT molecular complexity index is 584. The number of aliphatic carboxylic acids is 1. The molecule has 1 amide bonds. The molecule has 7 heteroatoms. The van der Waals surface area contributed by atoms with Crippen LogP contribution in [-0.4, -0.2) is 41.3 Å². The molecule has 0 saturated carbocycles. The van der Waals surface area contributed by atoms with Gasteiger partial charge in [-0.25, -0.2) is 4.79 Å². The number of carboxylic acid groups (broad SMARTS) is 1. The van der Waals surface area contributed by atoms with Gasteiger partial charge in [0, 0.05) is 10.0 Å². The Morgan fingerprint density at radius 1 is 1.45 bits per heavy atom. The van der Waals surface area contributed by atoms with Gasteiger partial charge in [0.25, 0.3) is 5.91 Å². The molecule has 106 valence electrons. The molecule has 1 aromatic rings. The smallest absolute Gasteiger partial charge is 0.328 e. The number of aliphatic hydroxyl groups is 1. The lowest BCUT2D eigenvalue weighted by molar-refractivity contribution is -0.142. The van der Waals surface area contributed by atoms with Gasteiger partial charge < -0.3 is 20.3 Å². The van der Waals surface area contributed by atoms with E-state index in [-0.39, 0.29) is 6.61 Å². The van der Waals surface area contributed by atoms with Crippen LogP contribution in [0.4, 0.5) is 0 Å². The standard InChI is InChI=1S/C13H12BrNO5/c14-9-1-2-11-7(4-9)3-8(6-20-11)12(17)15-10(5-16)13(18)19/h1-4,10,16H,5-6H2,(H,15,17)(H,18,19)/t10-/m1/s1. The van der Waals surface area contributed by atoms with Gasteiger partial charge in [0.05, 0.1) is 12.2 Å². The van der Waals surface area contributed by atoms with Gasteiger partial charge in [-0.15, -0.1) is 0 Å². The van der Waals surface area contributed by atoms with Crippen LogP contribution >= 0.6 is 15.9 Å². The molecule has 1 atom stereocenters. The molecule has 2 rings (SSSR count). The van der Waals surface area contributed by atoms with Crippen LogP contribution in [-0.2, 0) is 9.59 Å². The third kappa shape index (κ3) is 3.17. The minimum atomic E-state index is -1.33. The summed E-state index contributed by atoms with van der Waals surface area (Å²) in [5, 5.41) is 19.9. The molecular weight excluding hydrogens is 330 g/mol. The fourth-order valence-electron chi connectivity index (χ4n) is 1.72. The van der Waals surface area contributed by atoms with Gasteiger partial charge in [-0.05, 0) is 24.3 Å². The van der Waals surface area contributed by atoms with Crippen LogP contribution < -0.4 is 10.1 Å². The van der Waals surface area contributed by atoms with Crippen molar-refractivity contribution in [2.24, 2.45) is 0 Å². The van der Waals surface area contributed by atoms with Gasteiger partial charge in [-0.1, -0.05) is 15.9 Å². The van der Waals surface area contributed by atoms with Gasteiger partial charge in [0.15, 0.2) is 6.04 Å². The number of nitrogens with one attached hydrogen (secondary N) is 1. The summed E-state index contributed by atoms with van der Waals surface area (Å²) in [5.74, 6) is -1.21. The highest BCUT2D eigenvalue weighted by Gasteiger charge is 2.23. The summed E-state index contributed by atoms with van der Waals surface area (Å²) >= 11 is 3.32. The van der Waals surface area contributed by atoms with E-state index in [1.54, 1.807) is 18.2 Å². The second kappa shape index (κ2) is 6.06. The van der Waals surface area contributed by atoms with Crippen molar-refractivity contribution in [1.29, 1.82) is 0 Å². The normalized spacial score (nSPS) is 14.6. The molecule has 1 aliphatic heterocycles. The van der Waals surface area contributed by atoms with E-state index in [2.05, 4.69) is 21.2 Å². The Labute approximate surface area is 123 Å². The molecule has 3 N–H and O–H groups in total. The molecule has 0 spiro atoms. The highest BCUT2D eigenvalue weighted by molar-refractivity contribution is 9.10. The summed E-state index contributed by atoms with van der Waals surface area (Å²) in [6.45, 7) is -0.615. The number of hydrogen-bond acceptors (Lipinski definition) is 4. The zero-order valence-corrected chi connectivity index (χ0v) is 11.9. The lowest BCUT2D eigenvalue weighted by Gasteiger charge is -2.19. The minimum Gasteiger partial charge on any atom is -0.488 e. The number of ether oxygens (including phenoxy) is 1. The van der Waals surface area contributed by atoms with Crippen LogP contribution in [0.2, 0.25) is 0 Å². The SMILES string of the molecule is O=C(N[C@H](CO)C(=O)O)C1=Cc2cc(Br)ccc2OC1. The zero-order chi connectivity index (χ0) is 14.7. The summed E-state index contributed by atoms with van der Waals surface area (Å²) in [6.07, 6.45) is 1.63. The third-order valence-corrected chi connectivity index (χ3v) is 3.26. The molecule has 1 aromatic carbocycles. The molecule has 0 bridgehead atoms. The molecule has 0 fully saturated rings. The van der Waals surface area contributed by atoms with E-state index >= 15 is 0 Å². The summed E-state index contributed by atoms with van der Waals surface area (Å²) in [4.78, 5) is 22.7. The molecular formula is C13H12BrNO5. The molecule has 1 aliphatic rings. The average Bonchev–Trinajstić information content (AvgIpc) is 2.43. The van der Waals surface area contributed by atoms with Crippen molar-refractivity contribution in [3.8, 4) is 5.75 Å². The first-order valence-corrected chi connectivity index (χ1v) is 6.58. The minimum absolute atomic E-state index is 0.0538. The van der Waals surface area contributed by atoms with Crippen LogP contribution in [0.15, 0.2) is 28.2 Å². The van der Waals surface area contributed by atoms with Gasteiger partial charge in [0.2, 0.25) is 0 Å². The van der Waals surface area contributed by atoms with Crippen molar-refractivity contribution < 1.29 is 24.5 Å². The first kappa shape index (κ1) is 14.5. The highest BCUT2D eigenvalue weighted by atomic mass is 79.9.